The van der Waals surface area contributed by atoms with Crippen LogP contribution in [0.4, 0.5) is 10.2 Å². The Hall–Kier alpha value is -3.03. The molecule has 4 N–H and O–H groups in total. The summed E-state index contributed by atoms with van der Waals surface area (Å²) in [7, 11) is 0. The minimum absolute atomic E-state index is 0.275. The van der Waals surface area contributed by atoms with Crippen LogP contribution in [0.25, 0.3) is 0 Å². The number of aromatic nitrogens is 2. The lowest BCUT2D eigenvalue weighted by molar-refractivity contribution is 0.0934. The summed E-state index contributed by atoms with van der Waals surface area (Å²) in [6.07, 6.45) is 3.95. The van der Waals surface area contributed by atoms with Gasteiger partial charge in [-0.1, -0.05) is 6.07 Å². The quantitative estimate of drug-likeness (QED) is 0.735. The molecular weight excluding hydrogens is 313 g/mol. The number of hydrogen-bond acceptors (Lipinski definition) is 5. The summed E-state index contributed by atoms with van der Waals surface area (Å²) < 4.78 is 12.7. The first kappa shape index (κ1) is 15.9. The molecule has 0 aliphatic heterocycles. The molecular formula is C16H16FN5O2. The third kappa shape index (κ3) is 3.65. The highest BCUT2D eigenvalue weighted by molar-refractivity contribution is 5.99. The Morgan fingerprint density at radius 1 is 1.21 bits per heavy atom. The van der Waals surface area contributed by atoms with Crippen molar-refractivity contribution in [2.75, 3.05) is 11.9 Å². The fourth-order valence-electron chi connectivity index (χ4n) is 2.29. The number of carbonyl (C=O) groups excluding carboxylic acids is 2. The van der Waals surface area contributed by atoms with Crippen LogP contribution in [0.5, 0.6) is 0 Å². The van der Waals surface area contributed by atoms with E-state index in [-0.39, 0.29) is 17.0 Å². The van der Waals surface area contributed by atoms with Gasteiger partial charge in [-0.25, -0.2) is 9.97 Å². The number of amides is 2. The topological polar surface area (TPSA) is 110 Å². The third-order valence-electron chi connectivity index (χ3n) is 3.87. The molecule has 0 saturated heterocycles. The Kier molecular flexibility index (Phi) is 4.11. The first-order valence-corrected chi connectivity index (χ1v) is 7.41. The Labute approximate surface area is 137 Å². The molecule has 124 valence electrons. The molecule has 0 spiro atoms. The van der Waals surface area contributed by atoms with Crippen LogP contribution in [0, 0.1) is 5.95 Å². The highest BCUT2D eigenvalue weighted by Gasteiger charge is 2.44. The summed E-state index contributed by atoms with van der Waals surface area (Å²) in [4.78, 5) is 30.9. The zero-order chi connectivity index (χ0) is 17.2. The van der Waals surface area contributed by atoms with E-state index in [4.69, 9.17) is 5.73 Å². The van der Waals surface area contributed by atoms with E-state index in [0.717, 1.165) is 19.0 Å². The van der Waals surface area contributed by atoms with Crippen LogP contribution in [-0.4, -0.2) is 33.9 Å². The van der Waals surface area contributed by atoms with Gasteiger partial charge in [-0.3, -0.25) is 9.59 Å². The number of nitrogens with zero attached hydrogens (tertiary/aromatic N) is 2. The first-order valence-electron chi connectivity index (χ1n) is 7.41. The maximum atomic E-state index is 12.7. The van der Waals surface area contributed by atoms with Crippen LogP contribution in [0.1, 0.15) is 33.6 Å². The van der Waals surface area contributed by atoms with Crippen molar-refractivity contribution in [1.82, 2.24) is 15.3 Å². The van der Waals surface area contributed by atoms with Gasteiger partial charge in [0.2, 0.25) is 11.9 Å². The van der Waals surface area contributed by atoms with Crippen molar-refractivity contribution in [2.45, 2.75) is 18.4 Å². The lowest BCUT2D eigenvalue weighted by atomic mass is 10.1. The molecule has 1 aliphatic carbocycles. The highest BCUT2D eigenvalue weighted by atomic mass is 19.1. The SMILES string of the molecule is NC(=O)c1cccc(C(=O)NC2(CNc3cnc(F)cn3)CC2)c1. The van der Waals surface area contributed by atoms with Crippen molar-refractivity contribution < 1.29 is 14.0 Å². The van der Waals surface area contributed by atoms with Gasteiger partial charge in [0.15, 0.2) is 0 Å². The number of anilines is 1. The second kappa shape index (κ2) is 6.23. The molecule has 1 aliphatic rings. The Morgan fingerprint density at radius 2 is 1.96 bits per heavy atom. The summed E-state index contributed by atoms with van der Waals surface area (Å²) in [5, 5.41) is 5.99. The highest BCUT2D eigenvalue weighted by Crippen LogP contribution is 2.35. The summed E-state index contributed by atoms with van der Waals surface area (Å²) in [5.74, 6) is -1.07. The minimum atomic E-state index is -0.649. The van der Waals surface area contributed by atoms with E-state index >= 15 is 0 Å². The van der Waals surface area contributed by atoms with Gasteiger partial charge in [0.1, 0.15) is 5.82 Å². The molecule has 0 atom stereocenters. The van der Waals surface area contributed by atoms with Crippen molar-refractivity contribution in [3.8, 4) is 0 Å². The van der Waals surface area contributed by atoms with Crippen molar-refractivity contribution in [1.29, 1.82) is 0 Å². The molecule has 1 aromatic carbocycles. The van der Waals surface area contributed by atoms with Gasteiger partial charge < -0.3 is 16.4 Å². The van der Waals surface area contributed by atoms with Gasteiger partial charge in [0.25, 0.3) is 5.91 Å². The largest absolute Gasteiger partial charge is 0.366 e. The monoisotopic (exact) mass is 329 g/mol. The molecule has 24 heavy (non-hydrogen) atoms. The van der Waals surface area contributed by atoms with Gasteiger partial charge in [-0.05, 0) is 31.0 Å². The summed E-state index contributed by atoms with van der Waals surface area (Å²) in [6, 6.07) is 6.26. The Bertz CT molecular complexity index is 774. The number of halogens is 1. The van der Waals surface area contributed by atoms with Crippen LogP contribution >= 0.6 is 0 Å². The predicted octanol–water partition coefficient (Wildman–Crippen LogP) is 1.09. The van der Waals surface area contributed by atoms with E-state index in [1.807, 2.05) is 0 Å². The smallest absolute Gasteiger partial charge is 0.251 e. The van der Waals surface area contributed by atoms with Gasteiger partial charge in [0, 0.05) is 17.7 Å². The fraction of sp³-hybridized carbons (Fsp3) is 0.250. The van der Waals surface area contributed by atoms with Gasteiger partial charge in [0.05, 0.1) is 17.9 Å². The Morgan fingerprint density at radius 3 is 2.58 bits per heavy atom. The molecule has 3 rings (SSSR count). The van der Waals surface area contributed by atoms with E-state index in [1.165, 1.54) is 12.3 Å². The van der Waals surface area contributed by atoms with Crippen molar-refractivity contribution in [3.63, 3.8) is 0 Å². The molecule has 1 aromatic heterocycles. The summed E-state index contributed by atoms with van der Waals surface area (Å²) in [6.45, 7) is 0.453. The molecule has 0 radical (unpaired) electrons. The Balaban J connectivity index is 1.62. The zero-order valence-corrected chi connectivity index (χ0v) is 12.8. The lowest BCUT2D eigenvalue weighted by Gasteiger charge is -2.18. The molecule has 1 saturated carbocycles. The van der Waals surface area contributed by atoms with Gasteiger partial charge in [-0.2, -0.15) is 4.39 Å². The zero-order valence-electron chi connectivity index (χ0n) is 12.8. The van der Waals surface area contributed by atoms with E-state index in [9.17, 15) is 14.0 Å². The number of nitrogens with one attached hydrogen (secondary N) is 2. The maximum Gasteiger partial charge on any atom is 0.251 e. The molecule has 2 aromatic rings. The molecule has 2 amide bonds. The van der Waals surface area contributed by atoms with E-state index in [2.05, 4.69) is 20.6 Å². The molecule has 0 unspecified atom stereocenters. The molecule has 1 heterocycles. The van der Waals surface area contributed by atoms with Crippen molar-refractivity contribution in [3.05, 3.63) is 53.7 Å². The van der Waals surface area contributed by atoms with Crippen LogP contribution in [0.2, 0.25) is 0 Å². The summed E-state index contributed by atoms with van der Waals surface area (Å²) in [5.41, 5.74) is 5.50. The average Bonchev–Trinajstić information content (AvgIpc) is 3.34. The molecule has 1 fully saturated rings. The minimum Gasteiger partial charge on any atom is -0.366 e. The van der Waals surface area contributed by atoms with Crippen LogP contribution in [0.3, 0.4) is 0 Å². The predicted molar refractivity (Wildman–Crippen MR) is 84.9 cm³/mol. The number of primary amides is 1. The average molecular weight is 329 g/mol. The van der Waals surface area contributed by atoms with Gasteiger partial charge in [-0.15, -0.1) is 0 Å². The second-order valence-corrected chi connectivity index (χ2v) is 5.76. The van der Waals surface area contributed by atoms with Crippen molar-refractivity contribution >= 4 is 17.6 Å². The van der Waals surface area contributed by atoms with Gasteiger partial charge >= 0.3 is 0 Å². The second-order valence-electron chi connectivity index (χ2n) is 5.76. The van der Waals surface area contributed by atoms with Crippen LogP contribution in [-0.2, 0) is 0 Å². The number of nitrogens with two attached hydrogens (primary N) is 1. The van der Waals surface area contributed by atoms with Crippen LogP contribution < -0.4 is 16.4 Å². The van der Waals surface area contributed by atoms with E-state index < -0.39 is 11.9 Å². The van der Waals surface area contributed by atoms with Crippen LogP contribution in [0.15, 0.2) is 36.7 Å². The third-order valence-corrected chi connectivity index (χ3v) is 3.87. The fourth-order valence-corrected chi connectivity index (χ4v) is 2.29. The maximum absolute atomic E-state index is 12.7. The first-order chi connectivity index (χ1) is 11.5. The number of rotatable bonds is 6. The number of carbonyl (C=O) groups is 2. The lowest BCUT2D eigenvalue weighted by Crippen LogP contribution is -2.42. The normalized spacial score (nSPS) is 14.7. The molecule has 0 bridgehead atoms. The number of benzene rings is 1. The molecule has 7 nitrogen and oxygen atoms in total. The molecule has 8 heteroatoms. The van der Waals surface area contributed by atoms with E-state index in [0.29, 0.717) is 17.9 Å². The van der Waals surface area contributed by atoms with E-state index in [1.54, 1.807) is 18.2 Å². The standard InChI is InChI=1S/C16H16FN5O2/c17-12-7-20-13(8-19-12)21-9-16(4-5-16)22-15(24)11-3-1-2-10(6-11)14(18)23/h1-3,6-8H,4-5,9H2,(H2,18,23)(H,20,21)(H,22,24). The number of hydrogen-bond donors (Lipinski definition) is 3. The van der Waals surface area contributed by atoms with Crippen molar-refractivity contribution in [2.24, 2.45) is 5.73 Å². The summed E-state index contributed by atoms with van der Waals surface area (Å²) >= 11 is 0.